The van der Waals surface area contributed by atoms with Crippen molar-refractivity contribution in [1.29, 1.82) is 5.26 Å². The number of aromatic nitrogens is 1. The third kappa shape index (κ3) is 2.98. The normalized spacial score (nSPS) is 10.4. The first-order valence-electron chi connectivity index (χ1n) is 6.52. The topological polar surface area (TPSA) is 75.2 Å². The van der Waals surface area contributed by atoms with E-state index in [0.29, 0.717) is 31.8 Å². The van der Waals surface area contributed by atoms with Crippen molar-refractivity contribution in [2.24, 2.45) is 0 Å². The average Bonchev–Trinajstić information content (AvgIpc) is 2.49. The van der Waals surface area contributed by atoms with Gasteiger partial charge in [-0.05, 0) is 24.3 Å². The number of anilines is 2. The van der Waals surface area contributed by atoms with Crippen LogP contribution < -0.4 is 10.6 Å². The molecule has 2 aromatic rings. The van der Waals surface area contributed by atoms with Crippen LogP contribution in [-0.4, -0.2) is 31.8 Å². The molecule has 104 valence electrons. The van der Waals surface area contributed by atoms with E-state index in [0.717, 1.165) is 16.6 Å². The maximum Gasteiger partial charge on any atom is 0.0955 e. The number of fused-ring (bicyclic) bond motifs is 1. The number of pyridine rings is 1. The Kier molecular flexibility index (Phi) is 4.75. The van der Waals surface area contributed by atoms with Crippen LogP contribution in [0.4, 0.5) is 11.4 Å². The first-order chi connectivity index (χ1) is 9.77. The molecule has 0 atom stereocenters. The molecule has 1 aromatic carbocycles. The summed E-state index contributed by atoms with van der Waals surface area (Å²) in [6.07, 6.45) is 2.21. The Morgan fingerprint density at radius 2 is 2.20 bits per heavy atom. The lowest BCUT2D eigenvalue weighted by molar-refractivity contribution is 0.205. The minimum absolute atomic E-state index is 0.461. The van der Waals surface area contributed by atoms with E-state index in [9.17, 15) is 0 Å². The Hall–Kier alpha value is -2.32. The highest BCUT2D eigenvalue weighted by Crippen LogP contribution is 2.29. The number of methoxy groups -OCH3 is 1. The third-order valence-corrected chi connectivity index (χ3v) is 3.18. The van der Waals surface area contributed by atoms with Crippen molar-refractivity contribution in [1.82, 2.24) is 4.98 Å². The molecule has 0 aliphatic rings. The molecule has 2 rings (SSSR count). The summed E-state index contributed by atoms with van der Waals surface area (Å²) in [6, 6.07) is 9.84. The molecular formula is C15H18N4O. The summed E-state index contributed by atoms with van der Waals surface area (Å²) < 4.78 is 5.14. The monoisotopic (exact) mass is 270 g/mol. The van der Waals surface area contributed by atoms with Gasteiger partial charge in [0.1, 0.15) is 0 Å². The molecular weight excluding hydrogens is 252 g/mol. The lowest BCUT2D eigenvalue weighted by Crippen LogP contribution is -2.28. The van der Waals surface area contributed by atoms with Crippen molar-refractivity contribution in [2.45, 2.75) is 6.42 Å². The van der Waals surface area contributed by atoms with Crippen LogP contribution in [0.2, 0.25) is 0 Å². The molecule has 5 nitrogen and oxygen atoms in total. The lowest BCUT2D eigenvalue weighted by atomic mass is 10.1. The number of ether oxygens (including phenoxy) is 1. The van der Waals surface area contributed by atoms with E-state index < -0.39 is 0 Å². The van der Waals surface area contributed by atoms with E-state index in [4.69, 9.17) is 15.7 Å². The van der Waals surface area contributed by atoms with Crippen LogP contribution >= 0.6 is 0 Å². The second kappa shape index (κ2) is 6.73. The molecule has 0 fully saturated rings. The fourth-order valence-corrected chi connectivity index (χ4v) is 2.17. The van der Waals surface area contributed by atoms with Crippen LogP contribution in [0.5, 0.6) is 0 Å². The van der Waals surface area contributed by atoms with Gasteiger partial charge in [-0.25, -0.2) is 0 Å². The number of nitriles is 1. The molecule has 0 radical (unpaired) electrons. The fourth-order valence-electron chi connectivity index (χ4n) is 2.17. The number of nitrogens with zero attached hydrogens (tertiary/aromatic N) is 3. The molecule has 2 N–H and O–H groups in total. The van der Waals surface area contributed by atoms with Gasteiger partial charge in [0, 0.05) is 37.5 Å². The van der Waals surface area contributed by atoms with Crippen molar-refractivity contribution in [2.75, 3.05) is 37.4 Å². The van der Waals surface area contributed by atoms with Gasteiger partial charge in [-0.2, -0.15) is 5.26 Å². The Bertz CT molecular complexity index is 621. The highest BCUT2D eigenvalue weighted by molar-refractivity contribution is 5.98. The summed E-state index contributed by atoms with van der Waals surface area (Å²) in [4.78, 5) is 6.55. The molecule has 5 heteroatoms. The first kappa shape index (κ1) is 14.1. The lowest BCUT2D eigenvalue weighted by Gasteiger charge is -2.24. The summed E-state index contributed by atoms with van der Waals surface area (Å²) in [5.74, 6) is 0. The predicted molar refractivity (Wildman–Crippen MR) is 80.5 cm³/mol. The van der Waals surface area contributed by atoms with Crippen molar-refractivity contribution < 1.29 is 4.74 Å². The molecule has 20 heavy (non-hydrogen) atoms. The molecule has 0 unspecified atom stereocenters. The molecule has 0 saturated heterocycles. The van der Waals surface area contributed by atoms with Crippen molar-refractivity contribution in [3.05, 3.63) is 30.5 Å². The van der Waals surface area contributed by atoms with Crippen molar-refractivity contribution in [3.63, 3.8) is 0 Å². The number of hydrogen-bond acceptors (Lipinski definition) is 5. The van der Waals surface area contributed by atoms with Gasteiger partial charge in [0.2, 0.25) is 0 Å². The molecule has 1 aromatic heterocycles. The standard InChI is InChI=1S/C15H18N4O/c1-20-11-10-19(9-3-7-16)14-6-5-13(17)12-4-2-8-18-15(12)14/h2,4-6,8H,3,9-11,17H2,1H3. The highest BCUT2D eigenvalue weighted by atomic mass is 16.5. The van der Waals surface area contributed by atoms with Gasteiger partial charge < -0.3 is 15.4 Å². The second-order valence-corrected chi connectivity index (χ2v) is 4.46. The third-order valence-electron chi connectivity index (χ3n) is 3.18. The van der Waals surface area contributed by atoms with Crippen LogP contribution in [0, 0.1) is 11.3 Å². The number of nitrogen functional groups attached to an aromatic ring is 1. The fraction of sp³-hybridized carbons (Fsp3) is 0.333. The van der Waals surface area contributed by atoms with E-state index >= 15 is 0 Å². The zero-order valence-electron chi connectivity index (χ0n) is 11.5. The van der Waals surface area contributed by atoms with Gasteiger partial charge in [0.25, 0.3) is 0 Å². The van der Waals surface area contributed by atoms with E-state index in [1.165, 1.54) is 0 Å². The van der Waals surface area contributed by atoms with Gasteiger partial charge in [0.15, 0.2) is 0 Å². The summed E-state index contributed by atoms with van der Waals surface area (Å²) in [7, 11) is 1.67. The van der Waals surface area contributed by atoms with Crippen LogP contribution in [0.15, 0.2) is 30.5 Å². The second-order valence-electron chi connectivity index (χ2n) is 4.46. The van der Waals surface area contributed by atoms with Gasteiger partial charge in [0.05, 0.1) is 30.3 Å². The maximum absolute atomic E-state index is 8.80. The van der Waals surface area contributed by atoms with Gasteiger partial charge >= 0.3 is 0 Å². The Morgan fingerprint density at radius 1 is 1.35 bits per heavy atom. The number of rotatable bonds is 6. The summed E-state index contributed by atoms with van der Waals surface area (Å²) in [6.45, 7) is 1.97. The van der Waals surface area contributed by atoms with E-state index in [-0.39, 0.29) is 0 Å². The average molecular weight is 270 g/mol. The van der Waals surface area contributed by atoms with Gasteiger partial charge in [-0.1, -0.05) is 0 Å². The van der Waals surface area contributed by atoms with Crippen LogP contribution in [0.1, 0.15) is 6.42 Å². The van der Waals surface area contributed by atoms with Crippen molar-refractivity contribution in [3.8, 4) is 6.07 Å². The van der Waals surface area contributed by atoms with E-state index in [1.807, 2.05) is 24.3 Å². The number of hydrogen-bond donors (Lipinski definition) is 1. The zero-order chi connectivity index (χ0) is 14.4. The van der Waals surface area contributed by atoms with E-state index in [2.05, 4.69) is 16.0 Å². The van der Waals surface area contributed by atoms with Crippen LogP contribution in [-0.2, 0) is 4.74 Å². The van der Waals surface area contributed by atoms with Crippen LogP contribution in [0.3, 0.4) is 0 Å². The molecule has 0 aliphatic carbocycles. The number of nitrogens with two attached hydrogens (primary N) is 1. The number of benzene rings is 1. The minimum Gasteiger partial charge on any atom is -0.398 e. The quantitative estimate of drug-likeness (QED) is 0.814. The predicted octanol–water partition coefficient (Wildman–Crippen LogP) is 2.18. The smallest absolute Gasteiger partial charge is 0.0955 e. The molecule has 0 aliphatic heterocycles. The van der Waals surface area contributed by atoms with Gasteiger partial charge in [-0.15, -0.1) is 0 Å². The van der Waals surface area contributed by atoms with E-state index in [1.54, 1.807) is 13.3 Å². The SMILES string of the molecule is COCCN(CCC#N)c1ccc(N)c2cccnc12. The van der Waals surface area contributed by atoms with Crippen LogP contribution in [0.25, 0.3) is 10.9 Å². The largest absolute Gasteiger partial charge is 0.398 e. The van der Waals surface area contributed by atoms with Crippen molar-refractivity contribution >= 4 is 22.3 Å². The minimum atomic E-state index is 0.461. The van der Waals surface area contributed by atoms with Gasteiger partial charge in [-0.3, -0.25) is 4.98 Å². The maximum atomic E-state index is 8.80. The Labute approximate surface area is 118 Å². The summed E-state index contributed by atoms with van der Waals surface area (Å²) in [5, 5.41) is 9.74. The zero-order valence-corrected chi connectivity index (χ0v) is 11.5. The summed E-state index contributed by atoms with van der Waals surface area (Å²) in [5.41, 5.74) is 8.55. The molecule has 0 bridgehead atoms. The Morgan fingerprint density at radius 3 is 2.95 bits per heavy atom. The first-order valence-corrected chi connectivity index (χ1v) is 6.52. The molecule has 1 heterocycles. The molecule has 0 saturated carbocycles. The summed E-state index contributed by atoms with van der Waals surface area (Å²) >= 11 is 0. The highest BCUT2D eigenvalue weighted by Gasteiger charge is 2.12. The molecule has 0 amide bonds. The Balaban J connectivity index is 2.42. The molecule has 0 spiro atoms.